The summed E-state index contributed by atoms with van der Waals surface area (Å²) in [6.45, 7) is 5.94. The zero-order valence-electron chi connectivity index (χ0n) is 15.8. The van der Waals surface area contributed by atoms with E-state index >= 15 is 0 Å². The van der Waals surface area contributed by atoms with E-state index in [2.05, 4.69) is 29.3 Å². The van der Waals surface area contributed by atoms with Gasteiger partial charge in [-0.3, -0.25) is 9.69 Å². The minimum Gasteiger partial charge on any atom is -0.491 e. The summed E-state index contributed by atoms with van der Waals surface area (Å²) in [7, 11) is 0. The molecule has 5 heteroatoms. The molecule has 0 radical (unpaired) electrons. The fourth-order valence-electron chi connectivity index (χ4n) is 3.21. The first-order chi connectivity index (χ1) is 13.1. The normalized spacial score (nSPS) is 15.5. The fraction of sp³-hybridized carbons (Fsp3) is 0.409. The second-order valence-corrected chi connectivity index (χ2v) is 7.64. The van der Waals surface area contributed by atoms with Crippen molar-refractivity contribution in [3.05, 3.63) is 59.1 Å². The summed E-state index contributed by atoms with van der Waals surface area (Å²) < 4.78 is 5.56. The van der Waals surface area contributed by atoms with Crippen LogP contribution >= 0.6 is 11.6 Å². The van der Waals surface area contributed by atoms with Crippen LogP contribution < -0.4 is 10.1 Å². The number of nitrogens with zero attached hydrogens (tertiary/aromatic N) is 1. The van der Waals surface area contributed by atoms with Crippen LogP contribution in [0.2, 0.25) is 5.02 Å². The van der Waals surface area contributed by atoms with Crippen LogP contribution in [0.3, 0.4) is 0 Å². The topological polar surface area (TPSA) is 41.6 Å². The van der Waals surface area contributed by atoms with E-state index in [0.29, 0.717) is 17.4 Å². The molecular formula is C22H27ClN2O2. The molecule has 1 fully saturated rings. The Bertz CT molecular complexity index is 740. The average molecular weight is 387 g/mol. The highest BCUT2D eigenvalue weighted by Crippen LogP contribution is 2.23. The van der Waals surface area contributed by atoms with Crippen LogP contribution in [-0.4, -0.2) is 30.5 Å². The number of ether oxygens (including phenoxy) is 1. The van der Waals surface area contributed by atoms with Gasteiger partial charge in [0.25, 0.3) is 0 Å². The van der Waals surface area contributed by atoms with E-state index in [1.54, 1.807) is 12.1 Å². The number of hydrogen-bond donors (Lipinski definition) is 1. The van der Waals surface area contributed by atoms with Gasteiger partial charge in [-0.25, -0.2) is 0 Å². The lowest BCUT2D eigenvalue weighted by atomic mass is 9.99. The molecule has 1 heterocycles. The summed E-state index contributed by atoms with van der Waals surface area (Å²) in [4.78, 5) is 14.6. The predicted molar refractivity (Wildman–Crippen MR) is 110 cm³/mol. The minimum absolute atomic E-state index is 0.0696. The lowest BCUT2D eigenvalue weighted by Gasteiger charge is -2.30. The maximum absolute atomic E-state index is 12.1. The third-order valence-electron chi connectivity index (χ3n) is 4.94. The van der Waals surface area contributed by atoms with E-state index in [4.69, 9.17) is 16.3 Å². The molecule has 144 valence electrons. The van der Waals surface area contributed by atoms with Gasteiger partial charge in [-0.05, 0) is 61.7 Å². The molecule has 0 saturated carbocycles. The Kier molecular flexibility index (Phi) is 7.13. The van der Waals surface area contributed by atoms with Crippen LogP contribution in [0.1, 0.15) is 31.7 Å². The lowest BCUT2D eigenvalue weighted by molar-refractivity contribution is -0.116. The molecule has 1 amide bonds. The highest BCUT2D eigenvalue weighted by atomic mass is 35.5. The van der Waals surface area contributed by atoms with Crippen LogP contribution in [0.25, 0.3) is 0 Å². The van der Waals surface area contributed by atoms with Gasteiger partial charge >= 0.3 is 0 Å². The van der Waals surface area contributed by atoms with Gasteiger partial charge in [-0.2, -0.15) is 0 Å². The molecule has 0 atom stereocenters. The standard InChI is InChI=1S/C22H27ClN2O2/c1-17-10-13-25(14-11-17)16-18-6-8-19(9-7-18)24-22(26)12-15-27-21-5-3-2-4-20(21)23/h2-9,17H,10-16H2,1H3,(H,24,26). The zero-order valence-corrected chi connectivity index (χ0v) is 16.5. The van der Waals surface area contributed by atoms with Gasteiger partial charge in [0.15, 0.2) is 0 Å². The van der Waals surface area contributed by atoms with Crippen molar-refractivity contribution in [3.8, 4) is 5.75 Å². The number of carbonyl (C=O) groups is 1. The third kappa shape index (κ3) is 6.26. The van der Waals surface area contributed by atoms with E-state index in [1.807, 2.05) is 24.3 Å². The van der Waals surface area contributed by atoms with Crippen molar-refractivity contribution < 1.29 is 9.53 Å². The molecule has 3 rings (SSSR count). The summed E-state index contributed by atoms with van der Waals surface area (Å²) in [5.74, 6) is 1.38. The first-order valence-corrected chi connectivity index (χ1v) is 9.96. The fourth-order valence-corrected chi connectivity index (χ4v) is 3.40. The molecular weight excluding hydrogens is 360 g/mol. The number of piperidine rings is 1. The molecule has 2 aromatic carbocycles. The first-order valence-electron chi connectivity index (χ1n) is 9.58. The predicted octanol–water partition coefficient (Wildman–Crippen LogP) is 4.98. The summed E-state index contributed by atoms with van der Waals surface area (Å²) in [5.41, 5.74) is 2.10. The summed E-state index contributed by atoms with van der Waals surface area (Å²) >= 11 is 6.03. The number of amides is 1. The van der Waals surface area contributed by atoms with Crippen molar-refractivity contribution in [3.63, 3.8) is 0 Å². The number of para-hydroxylation sites is 1. The Morgan fingerprint density at radius 3 is 2.56 bits per heavy atom. The van der Waals surface area contributed by atoms with Crippen LogP contribution in [0, 0.1) is 5.92 Å². The minimum atomic E-state index is -0.0696. The summed E-state index contributed by atoms with van der Waals surface area (Å²) in [6, 6.07) is 15.4. The molecule has 4 nitrogen and oxygen atoms in total. The number of rotatable bonds is 7. The number of anilines is 1. The maximum atomic E-state index is 12.1. The maximum Gasteiger partial charge on any atom is 0.227 e. The molecule has 1 aliphatic heterocycles. The Hall–Kier alpha value is -2.04. The van der Waals surface area contributed by atoms with Crippen LogP contribution in [0.5, 0.6) is 5.75 Å². The highest BCUT2D eigenvalue weighted by Gasteiger charge is 2.15. The molecule has 0 bridgehead atoms. The largest absolute Gasteiger partial charge is 0.491 e. The van der Waals surface area contributed by atoms with Crippen LogP contribution in [-0.2, 0) is 11.3 Å². The molecule has 2 aromatic rings. The van der Waals surface area contributed by atoms with Gasteiger partial charge in [0.05, 0.1) is 18.1 Å². The number of halogens is 1. The van der Waals surface area contributed by atoms with Crippen molar-refractivity contribution in [1.29, 1.82) is 0 Å². The Morgan fingerprint density at radius 2 is 1.85 bits per heavy atom. The second kappa shape index (κ2) is 9.77. The lowest BCUT2D eigenvalue weighted by Crippen LogP contribution is -2.32. The van der Waals surface area contributed by atoms with E-state index in [0.717, 1.165) is 18.2 Å². The molecule has 0 aromatic heterocycles. The number of likely N-dealkylation sites (tertiary alicyclic amines) is 1. The van der Waals surface area contributed by atoms with Crippen LogP contribution in [0.4, 0.5) is 5.69 Å². The molecule has 27 heavy (non-hydrogen) atoms. The van der Waals surface area contributed by atoms with E-state index in [-0.39, 0.29) is 12.3 Å². The van der Waals surface area contributed by atoms with Crippen molar-refractivity contribution in [2.24, 2.45) is 5.92 Å². The first kappa shape index (κ1) is 19.7. The zero-order chi connectivity index (χ0) is 19.1. The third-order valence-corrected chi connectivity index (χ3v) is 5.26. The second-order valence-electron chi connectivity index (χ2n) is 7.23. The van der Waals surface area contributed by atoms with Gasteiger partial charge in [0.2, 0.25) is 5.91 Å². The number of nitrogens with one attached hydrogen (secondary N) is 1. The summed E-state index contributed by atoms with van der Waals surface area (Å²) in [6.07, 6.45) is 2.84. The Labute approximate surface area is 166 Å². The van der Waals surface area contributed by atoms with Gasteiger partial charge in [-0.15, -0.1) is 0 Å². The van der Waals surface area contributed by atoms with E-state index in [1.165, 1.54) is 31.5 Å². The monoisotopic (exact) mass is 386 g/mol. The van der Waals surface area contributed by atoms with Crippen molar-refractivity contribution in [1.82, 2.24) is 4.90 Å². The van der Waals surface area contributed by atoms with Gasteiger partial charge < -0.3 is 10.1 Å². The smallest absolute Gasteiger partial charge is 0.227 e. The average Bonchev–Trinajstić information content (AvgIpc) is 2.67. The van der Waals surface area contributed by atoms with Gasteiger partial charge in [0, 0.05) is 12.2 Å². The quantitative estimate of drug-likeness (QED) is 0.729. The Morgan fingerprint density at radius 1 is 1.15 bits per heavy atom. The van der Waals surface area contributed by atoms with Crippen molar-refractivity contribution in [2.45, 2.75) is 32.7 Å². The highest BCUT2D eigenvalue weighted by molar-refractivity contribution is 6.32. The van der Waals surface area contributed by atoms with Gasteiger partial charge in [0.1, 0.15) is 5.75 Å². The SMILES string of the molecule is CC1CCN(Cc2ccc(NC(=O)CCOc3ccccc3Cl)cc2)CC1. The summed E-state index contributed by atoms with van der Waals surface area (Å²) in [5, 5.41) is 3.47. The molecule has 0 spiro atoms. The van der Waals surface area contributed by atoms with Gasteiger partial charge in [-0.1, -0.05) is 42.8 Å². The molecule has 0 aliphatic carbocycles. The van der Waals surface area contributed by atoms with Crippen molar-refractivity contribution in [2.75, 3.05) is 25.0 Å². The number of carbonyl (C=O) groups excluding carboxylic acids is 1. The molecule has 1 saturated heterocycles. The molecule has 0 unspecified atom stereocenters. The van der Waals surface area contributed by atoms with Crippen molar-refractivity contribution >= 4 is 23.2 Å². The number of hydrogen-bond acceptors (Lipinski definition) is 3. The van der Waals surface area contributed by atoms with E-state index in [9.17, 15) is 4.79 Å². The van der Waals surface area contributed by atoms with Crippen LogP contribution in [0.15, 0.2) is 48.5 Å². The molecule has 1 N–H and O–H groups in total. The number of benzene rings is 2. The Balaban J connectivity index is 1.41. The van der Waals surface area contributed by atoms with E-state index < -0.39 is 0 Å². The molecule has 1 aliphatic rings.